The van der Waals surface area contributed by atoms with Crippen LogP contribution in [0.5, 0.6) is 0 Å². The molecule has 1 fully saturated rings. The van der Waals surface area contributed by atoms with Crippen molar-refractivity contribution in [1.29, 1.82) is 0 Å². The van der Waals surface area contributed by atoms with Crippen molar-refractivity contribution < 1.29 is 9.53 Å². The van der Waals surface area contributed by atoms with E-state index in [2.05, 4.69) is 27.8 Å². The van der Waals surface area contributed by atoms with Gasteiger partial charge in [-0.2, -0.15) is 5.10 Å². The second-order valence-electron chi connectivity index (χ2n) is 8.15. The molecule has 2 aromatic heterocycles. The van der Waals surface area contributed by atoms with E-state index in [4.69, 9.17) is 9.84 Å². The lowest BCUT2D eigenvalue weighted by Gasteiger charge is -2.32. The van der Waals surface area contributed by atoms with E-state index < -0.39 is 0 Å². The van der Waals surface area contributed by atoms with E-state index in [1.807, 2.05) is 30.5 Å². The standard InChI is InChI=1S/C22H27BrN4O3/c1-4-5-14(3)30-22(29)26-10-8-15(9-11-26)17-12-18(28)24-21-19-16(25-27(17)21)7-6-13(2)20(19)23/h6-7,12,14-15H,4-5,8-11H2,1-3H3,(H,24,28). The molecule has 7 nitrogen and oxygen atoms in total. The predicted octanol–water partition coefficient (Wildman–Crippen LogP) is 4.75. The molecule has 3 aromatic rings. The van der Waals surface area contributed by atoms with Crippen molar-refractivity contribution >= 4 is 38.6 Å². The molecule has 1 N–H and O–H groups in total. The van der Waals surface area contributed by atoms with Gasteiger partial charge in [0.25, 0.3) is 5.56 Å². The summed E-state index contributed by atoms with van der Waals surface area (Å²) < 4.78 is 8.34. The number of aromatic nitrogens is 3. The maximum absolute atomic E-state index is 12.4. The predicted molar refractivity (Wildman–Crippen MR) is 120 cm³/mol. The number of likely N-dealkylation sites (tertiary alicyclic amines) is 1. The molecule has 0 bridgehead atoms. The highest BCUT2D eigenvalue weighted by molar-refractivity contribution is 9.10. The molecule has 0 radical (unpaired) electrons. The third kappa shape index (κ3) is 3.85. The van der Waals surface area contributed by atoms with Crippen LogP contribution in [-0.4, -0.2) is 44.8 Å². The number of benzene rings is 1. The lowest BCUT2D eigenvalue weighted by Crippen LogP contribution is -2.40. The van der Waals surface area contributed by atoms with Crippen molar-refractivity contribution in [2.75, 3.05) is 13.1 Å². The monoisotopic (exact) mass is 474 g/mol. The van der Waals surface area contributed by atoms with Crippen LogP contribution in [0.15, 0.2) is 27.5 Å². The lowest BCUT2D eigenvalue weighted by molar-refractivity contribution is 0.0592. The van der Waals surface area contributed by atoms with Crippen molar-refractivity contribution in [2.45, 2.75) is 58.5 Å². The quantitative estimate of drug-likeness (QED) is 0.591. The second-order valence-corrected chi connectivity index (χ2v) is 8.95. The first-order chi connectivity index (χ1) is 14.4. The van der Waals surface area contributed by atoms with Gasteiger partial charge in [0.05, 0.1) is 16.6 Å². The van der Waals surface area contributed by atoms with Gasteiger partial charge in [0.15, 0.2) is 0 Å². The van der Waals surface area contributed by atoms with Crippen molar-refractivity contribution in [2.24, 2.45) is 0 Å². The molecule has 0 spiro atoms. The number of hydrogen-bond acceptors (Lipinski definition) is 4. The Balaban J connectivity index is 1.60. The Labute approximate surface area is 183 Å². The van der Waals surface area contributed by atoms with E-state index in [9.17, 15) is 9.59 Å². The van der Waals surface area contributed by atoms with Crippen LogP contribution in [0.1, 0.15) is 56.7 Å². The summed E-state index contributed by atoms with van der Waals surface area (Å²) in [5.74, 6) is 0.154. The second kappa shape index (κ2) is 8.41. The number of piperidine rings is 1. The number of aromatic amines is 1. The molecule has 1 unspecified atom stereocenters. The molecule has 8 heteroatoms. The van der Waals surface area contributed by atoms with Gasteiger partial charge in [-0.25, -0.2) is 9.31 Å². The van der Waals surface area contributed by atoms with Gasteiger partial charge in [0.1, 0.15) is 11.8 Å². The lowest BCUT2D eigenvalue weighted by atomic mass is 9.93. The first-order valence-corrected chi connectivity index (χ1v) is 11.3. The zero-order valence-corrected chi connectivity index (χ0v) is 19.2. The summed E-state index contributed by atoms with van der Waals surface area (Å²) in [6.45, 7) is 7.26. The fourth-order valence-electron chi connectivity index (χ4n) is 4.25. The molecule has 4 rings (SSSR count). The Morgan fingerprint density at radius 1 is 1.37 bits per heavy atom. The van der Waals surface area contributed by atoms with Crippen LogP contribution in [0.25, 0.3) is 16.6 Å². The number of amides is 1. The number of H-pyrrole nitrogens is 1. The van der Waals surface area contributed by atoms with E-state index >= 15 is 0 Å². The van der Waals surface area contributed by atoms with Crippen LogP contribution in [-0.2, 0) is 4.74 Å². The van der Waals surface area contributed by atoms with Gasteiger partial charge in [-0.05, 0) is 60.7 Å². The van der Waals surface area contributed by atoms with Gasteiger partial charge in [0, 0.05) is 29.5 Å². The number of fused-ring (bicyclic) bond motifs is 3. The molecule has 3 heterocycles. The zero-order chi connectivity index (χ0) is 21.4. The Morgan fingerprint density at radius 3 is 2.80 bits per heavy atom. The maximum atomic E-state index is 12.4. The van der Waals surface area contributed by atoms with Gasteiger partial charge < -0.3 is 14.6 Å². The minimum atomic E-state index is -0.241. The molecule has 0 aliphatic carbocycles. The van der Waals surface area contributed by atoms with Gasteiger partial charge in [-0.1, -0.05) is 19.4 Å². The van der Waals surface area contributed by atoms with Crippen LogP contribution in [0.2, 0.25) is 0 Å². The van der Waals surface area contributed by atoms with Gasteiger partial charge in [0.2, 0.25) is 0 Å². The Kier molecular flexibility index (Phi) is 5.86. The Morgan fingerprint density at radius 2 is 2.10 bits per heavy atom. The number of carbonyl (C=O) groups is 1. The van der Waals surface area contributed by atoms with E-state index in [1.165, 1.54) is 0 Å². The minimum absolute atomic E-state index is 0.0639. The number of halogens is 1. The molecule has 1 atom stereocenters. The Bertz CT molecular complexity index is 1140. The van der Waals surface area contributed by atoms with Crippen molar-refractivity contribution in [3.05, 3.63) is 44.3 Å². The van der Waals surface area contributed by atoms with Gasteiger partial charge in [-0.15, -0.1) is 0 Å². The largest absolute Gasteiger partial charge is 0.446 e. The van der Waals surface area contributed by atoms with Crippen molar-refractivity contribution in [3.8, 4) is 0 Å². The summed E-state index contributed by atoms with van der Waals surface area (Å²) in [4.78, 5) is 29.6. The molecule has 1 aliphatic heterocycles. The molecule has 1 aromatic carbocycles. The van der Waals surface area contributed by atoms with Crippen LogP contribution in [0.3, 0.4) is 0 Å². The number of carbonyl (C=O) groups excluding carboxylic acids is 1. The average Bonchev–Trinajstić information content (AvgIpc) is 3.09. The van der Waals surface area contributed by atoms with E-state index in [0.29, 0.717) is 18.7 Å². The average molecular weight is 475 g/mol. The first kappa shape index (κ1) is 20.9. The molecule has 160 valence electrons. The fraction of sp³-hybridized carbons (Fsp3) is 0.500. The summed E-state index contributed by atoms with van der Waals surface area (Å²) >= 11 is 3.65. The SMILES string of the molecule is CCCC(C)OC(=O)N1CCC(c2cc(=O)[nH]c3c4c(Br)c(C)ccc4nn23)CC1. The highest BCUT2D eigenvalue weighted by Gasteiger charge is 2.28. The molecule has 1 amide bonds. The summed E-state index contributed by atoms with van der Waals surface area (Å²) in [6.07, 6.45) is 3.09. The summed E-state index contributed by atoms with van der Waals surface area (Å²) in [7, 11) is 0. The van der Waals surface area contributed by atoms with E-state index in [-0.39, 0.29) is 23.7 Å². The number of nitrogens with one attached hydrogen (secondary N) is 1. The zero-order valence-electron chi connectivity index (χ0n) is 17.6. The highest BCUT2D eigenvalue weighted by Crippen LogP contribution is 2.33. The van der Waals surface area contributed by atoms with Crippen LogP contribution >= 0.6 is 15.9 Å². The van der Waals surface area contributed by atoms with Crippen LogP contribution in [0.4, 0.5) is 4.79 Å². The summed E-state index contributed by atoms with van der Waals surface area (Å²) in [6, 6.07) is 5.63. The number of aryl methyl sites for hydroxylation is 1. The van der Waals surface area contributed by atoms with Gasteiger partial charge >= 0.3 is 6.09 Å². The molecular weight excluding hydrogens is 448 g/mol. The smallest absolute Gasteiger partial charge is 0.410 e. The number of ether oxygens (including phenoxy) is 1. The molecule has 1 aliphatic rings. The van der Waals surface area contributed by atoms with Crippen LogP contribution in [0, 0.1) is 6.92 Å². The maximum Gasteiger partial charge on any atom is 0.410 e. The number of hydrogen-bond donors (Lipinski definition) is 1. The van der Waals surface area contributed by atoms with Crippen LogP contribution < -0.4 is 5.56 Å². The molecule has 1 saturated heterocycles. The summed E-state index contributed by atoms with van der Waals surface area (Å²) in [5.41, 5.74) is 3.39. The normalized spacial score (nSPS) is 16.3. The highest BCUT2D eigenvalue weighted by atomic mass is 79.9. The summed E-state index contributed by atoms with van der Waals surface area (Å²) in [5, 5.41) is 5.68. The number of rotatable bonds is 4. The Hall–Kier alpha value is -2.35. The molecule has 30 heavy (non-hydrogen) atoms. The molecule has 0 saturated carbocycles. The first-order valence-electron chi connectivity index (χ1n) is 10.5. The van der Waals surface area contributed by atoms with Crippen molar-refractivity contribution in [3.63, 3.8) is 0 Å². The topological polar surface area (TPSA) is 79.7 Å². The minimum Gasteiger partial charge on any atom is -0.446 e. The molecular formula is C22H27BrN4O3. The van der Waals surface area contributed by atoms with Gasteiger partial charge in [-0.3, -0.25) is 4.79 Å². The third-order valence-corrected chi connectivity index (χ3v) is 6.93. The fourth-order valence-corrected chi connectivity index (χ4v) is 4.78. The van der Waals surface area contributed by atoms with E-state index in [1.54, 1.807) is 11.0 Å². The third-order valence-electron chi connectivity index (χ3n) is 5.90. The van der Waals surface area contributed by atoms with Crippen molar-refractivity contribution in [1.82, 2.24) is 19.5 Å². The number of nitrogens with zero attached hydrogens (tertiary/aromatic N) is 3. The van der Waals surface area contributed by atoms with E-state index in [0.717, 1.165) is 52.3 Å².